The number of carbonyl (C=O) groups is 1. The summed E-state index contributed by atoms with van der Waals surface area (Å²) < 4.78 is 16.2. The molecule has 0 atom stereocenters. The summed E-state index contributed by atoms with van der Waals surface area (Å²) in [5, 5.41) is 0. The third-order valence-corrected chi connectivity index (χ3v) is 4.01. The highest BCUT2D eigenvalue weighted by Crippen LogP contribution is 2.29. The first-order valence-corrected chi connectivity index (χ1v) is 8.53. The van der Waals surface area contributed by atoms with Gasteiger partial charge in [-0.15, -0.1) is 0 Å². The molecule has 0 saturated heterocycles. The lowest BCUT2D eigenvalue weighted by molar-refractivity contribution is 0.103. The lowest BCUT2D eigenvalue weighted by atomic mass is 9.98. The van der Waals surface area contributed by atoms with Gasteiger partial charge in [-0.25, -0.2) is 0 Å². The molecule has 2 N–H and O–H groups in total. The number of anilines is 1. The fourth-order valence-corrected chi connectivity index (χ4v) is 2.61. The average molecular weight is 355 g/mol. The van der Waals surface area contributed by atoms with E-state index in [1.165, 1.54) is 0 Å². The summed E-state index contributed by atoms with van der Waals surface area (Å²) in [6.45, 7) is 4.30. The SMILES string of the molecule is CCOc1cc(C(=O)C(=Cc2cc(OC)ccc2OC)CC)ccc1N. The van der Waals surface area contributed by atoms with Gasteiger partial charge in [0, 0.05) is 16.7 Å². The number of methoxy groups -OCH3 is 2. The molecule has 0 heterocycles. The predicted molar refractivity (Wildman–Crippen MR) is 104 cm³/mol. The summed E-state index contributed by atoms with van der Waals surface area (Å²) >= 11 is 0. The fraction of sp³-hybridized carbons (Fsp3) is 0.286. The molecule has 0 aliphatic carbocycles. The third-order valence-electron chi connectivity index (χ3n) is 4.01. The Kier molecular flexibility index (Phi) is 6.67. The van der Waals surface area contributed by atoms with E-state index in [4.69, 9.17) is 19.9 Å². The Labute approximate surface area is 154 Å². The zero-order chi connectivity index (χ0) is 19.1. The van der Waals surface area contributed by atoms with Crippen LogP contribution in [-0.2, 0) is 0 Å². The predicted octanol–water partition coefficient (Wildman–Crippen LogP) is 4.36. The molecule has 138 valence electrons. The summed E-state index contributed by atoms with van der Waals surface area (Å²) in [5.41, 5.74) is 8.40. The molecule has 0 bridgehead atoms. The van der Waals surface area contributed by atoms with Crippen LogP contribution < -0.4 is 19.9 Å². The Morgan fingerprint density at radius 1 is 1.04 bits per heavy atom. The molecule has 0 amide bonds. The standard InChI is InChI=1S/C21H25NO4/c1-5-14(11-16-12-17(24-3)8-10-19(16)25-4)21(23)15-7-9-18(22)20(13-15)26-6-2/h7-13H,5-6,22H2,1-4H3. The van der Waals surface area contributed by atoms with Gasteiger partial charge >= 0.3 is 0 Å². The largest absolute Gasteiger partial charge is 0.497 e. The van der Waals surface area contributed by atoms with Crippen molar-refractivity contribution in [2.45, 2.75) is 20.3 Å². The van der Waals surface area contributed by atoms with Crippen molar-refractivity contribution >= 4 is 17.5 Å². The van der Waals surface area contributed by atoms with Crippen LogP contribution in [0.1, 0.15) is 36.2 Å². The van der Waals surface area contributed by atoms with Gasteiger partial charge in [0.15, 0.2) is 5.78 Å². The first kappa shape index (κ1) is 19.4. The molecule has 26 heavy (non-hydrogen) atoms. The number of benzene rings is 2. The van der Waals surface area contributed by atoms with Crippen molar-refractivity contribution in [1.82, 2.24) is 0 Å². The molecule has 2 aromatic rings. The van der Waals surface area contributed by atoms with E-state index >= 15 is 0 Å². The third kappa shape index (κ3) is 4.36. The molecule has 5 heteroatoms. The number of ketones is 1. The Balaban J connectivity index is 2.43. The molecule has 0 radical (unpaired) electrons. The second-order valence-electron chi connectivity index (χ2n) is 5.65. The van der Waals surface area contributed by atoms with Gasteiger partial charge in [0.2, 0.25) is 0 Å². The Morgan fingerprint density at radius 2 is 1.81 bits per heavy atom. The number of allylic oxidation sites excluding steroid dienone is 1. The van der Waals surface area contributed by atoms with Gasteiger partial charge in [0.25, 0.3) is 0 Å². The normalized spacial score (nSPS) is 11.2. The second-order valence-corrected chi connectivity index (χ2v) is 5.65. The van der Waals surface area contributed by atoms with E-state index in [-0.39, 0.29) is 5.78 Å². The molecule has 2 aromatic carbocycles. The lowest BCUT2D eigenvalue weighted by Crippen LogP contribution is -2.05. The molecule has 0 aromatic heterocycles. The van der Waals surface area contributed by atoms with E-state index in [0.29, 0.717) is 47.1 Å². The maximum atomic E-state index is 13.0. The van der Waals surface area contributed by atoms with Crippen LogP contribution in [0.15, 0.2) is 42.0 Å². The molecule has 0 aliphatic rings. The lowest BCUT2D eigenvalue weighted by Gasteiger charge is -2.11. The molecule has 0 spiro atoms. The van der Waals surface area contributed by atoms with E-state index in [9.17, 15) is 4.79 Å². The summed E-state index contributed by atoms with van der Waals surface area (Å²) in [5.74, 6) is 1.83. The van der Waals surface area contributed by atoms with Crippen molar-refractivity contribution in [3.63, 3.8) is 0 Å². The number of carbonyl (C=O) groups excluding carboxylic acids is 1. The van der Waals surface area contributed by atoms with Crippen LogP contribution in [0.3, 0.4) is 0 Å². The van der Waals surface area contributed by atoms with Gasteiger partial charge < -0.3 is 19.9 Å². The maximum Gasteiger partial charge on any atom is 0.189 e. The highest BCUT2D eigenvalue weighted by molar-refractivity contribution is 6.11. The van der Waals surface area contributed by atoms with Crippen LogP contribution in [0.2, 0.25) is 0 Å². The monoisotopic (exact) mass is 355 g/mol. The maximum absolute atomic E-state index is 13.0. The zero-order valence-electron chi connectivity index (χ0n) is 15.7. The second kappa shape index (κ2) is 8.94. The fourth-order valence-electron chi connectivity index (χ4n) is 2.61. The minimum Gasteiger partial charge on any atom is -0.497 e. The highest BCUT2D eigenvalue weighted by atomic mass is 16.5. The zero-order valence-corrected chi connectivity index (χ0v) is 15.7. The number of nitrogen functional groups attached to an aromatic ring is 1. The van der Waals surface area contributed by atoms with Crippen molar-refractivity contribution in [2.75, 3.05) is 26.6 Å². The van der Waals surface area contributed by atoms with Crippen molar-refractivity contribution in [1.29, 1.82) is 0 Å². The Morgan fingerprint density at radius 3 is 2.42 bits per heavy atom. The molecule has 0 aliphatic heterocycles. The van der Waals surface area contributed by atoms with Crippen molar-refractivity contribution in [3.8, 4) is 17.2 Å². The first-order chi connectivity index (χ1) is 12.5. The minimum absolute atomic E-state index is 0.0710. The van der Waals surface area contributed by atoms with Gasteiger partial charge in [0.05, 0.1) is 26.5 Å². The van der Waals surface area contributed by atoms with Crippen LogP contribution in [0, 0.1) is 0 Å². The van der Waals surface area contributed by atoms with E-state index in [1.807, 2.05) is 38.1 Å². The molecule has 5 nitrogen and oxygen atoms in total. The molecular weight excluding hydrogens is 330 g/mol. The number of hydrogen-bond donors (Lipinski definition) is 1. The molecular formula is C21H25NO4. The highest BCUT2D eigenvalue weighted by Gasteiger charge is 2.14. The van der Waals surface area contributed by atoms with Gasteiger partial charge in [-0.2, -0.15) is 0 Å². The number of rotatable bonds is 8. The van der Waals surface area contributed by atoms with Gasteiger partial charge in [-0.05, 0) is 55.8 Å². The summed E-state index contributed by atoms with van der Waals surface area (Å²) in [6, 6.07) is 10.6. The topological polar surface area (TPSA) is 70.8 Å². The summed E-state index contributed by atoms with van der Waals surface area (Å²) in [4.78, 5) is 13.0. The van der Waals surface area contributed by atoms with Crippen molar-refractivity contribution in [2.24, 2.45) is 0 Å². The molecule has 0 saturated carbocycles. The minimum atomic E-state index is -0.0710. The Bertz CT molecular complexity index is 812. The van der Waals surface area contributed by atoms with Crippen LogP contribution in [0.4, 0.5) is 5.69 Å². The van der Waals surface area contributed by atoms with Crippen molar-refractivity contribution < 1.29 is 19.0 Å². The quantitative estimate of drug-likeness (QED) is 0.433. The van der Waals surface area contributed by atoms with E-state index in [2.05, 4.69) is 0 Å². The van der Waals surface area contributed by atoms with Gasteiger partial charge in [-0.3, -0.25) is 4.79 Å². The Hall–Kier alpha value is -2.95. The average Bonchev–Trinajstić information content (AvgIpc) is 2.67. The van der Waals surface area contributed by atoms with Crippen LogP contribution in [0.5, 0.6) is 17.2 Å². The van der Waals surface area contributed by atoms with E-state index in [1.54, 1.807) is 32.4 Å². The van der Waals surface area contributed by atoms with Crippen LogP contribution >= 0.6 is 0 Å². The summed E-state index contributed by atoms with van der Waals surface area (Å²) in [6.07, 6.45) is 2.41. The van der Waals surface area contributed by atoms with Gasteiger partial charge in [0.1, 0.15) is 17.2 Å². The smallest absolute Gasteiger partial charge is 0.189 e. The molecule has 0 fully saturated rings. The number of hydrogen-bond acceptors (Lipinski definition) is 5. The van der Waals surface area contributed by atoms with Crippen LogP contribution in [0.25, 0.3) is 6.08 Å². The van der Waals surface area contributed by atoms with E-state index in [0.717, 1.165) is 5.56 Å². The number of Topliss-reactive ketones (excluding diaryl/α,β-unsaturated/α-hetero) is 1. The van der Waals surface area contributed by atoms with Crippen LogP contribution in [-0.4, -0.2) is 26.6 Å². The molecule has 0 unspecified atom stereocenters. The van der Waals surface area contributed by atoms with Crippen molar-refractivity contribution in [3.05, 3.63) is 53.1 Å². The first-order valence-electron chi connectivity index (χ1n) is 8.53. The number of nitrogens with two attached hydrogens (primary N) is 1. The van der Waals surface area contributed by atoms with E-state index < -0.39 is 0 Å². The molecule has 2 rings (SSSR count). The number of ether oxygens (including phenoxy) is 3. The van der Waals surface area contributed by atoms with Gasteiger partial charge in [-0.1, -0.05) is 6.92 Å². The summed E-state index contributed by atoms with van der Waals surface area (Å²) in [7, 11) is 3.20.